The Kier molecular flexibility index (Phi) is 47.5. The SMILES string of the molecule is NCC(=O)N[C@@H](CCCN=C(N)N)C(=O)NCC(=O)N[C@@H](CC(=O)O)C(=O)N[C@@H](Cc1ccccc1)C(=O)NCC(=O)Nc1cc(NC(=O)CNC(=O)[C@@H](Cc2ccccc2)NC(=O)[C@@H](CC(=O)O)NC(=O)CNC(=O)[C@@H](CCCN=C(N)N)NC(=O)CN)cc(C(=O)NCC(=O)N[C@@H](CCCN=C(N)N)C(=O)NCC(=O)N[C@@H](CC(=O)O)C(=O)N[C@@H](Cc2ccccc2)C(N)=O)c1. The summed E-state index contributed by atoms with van der Waals surface area (Å²) in [4.78, 5) is 290. The summed E-state index contributed by atoms with van der Waals surface area (Å²) in [6.45, 7) is -6.71. The molecule has 0 aliphatic carbocycles. The first kappa shape index (κ1) is 109. The molecule has 4 aromatic carbocycles. The van der Waals surface area contributed by atoms with Crippen molar-refractivity contribution in [2.45, 2.75) is 131 Å². The summed E-state index contributed by atoms with van der Waals surface area (Å²) in [5.41, 5.74) is 48.9. The molecule has 0 saturated heterocycles. The number of amides is 18. The van der Waals surface area contributed by atoms with Gasteiger partial charge in [0.2, 0.25) is 100 Å². The topological polar surface area (TPSA) is 895 Å². The summed E-state index contributed by atoms with van der Waals surface area (Å²) in [7, 11) is 0. The van der Waals surface area contributed by atoms with Crippen molar-refractivity contribution in [2.75, 3.05) is 82.6 Å². The number of aliphatic imine (C=N–C) groups is 3. The zero-order valence-electron chi connectivity index (χ0n) is 71.8. The summed E-state index contributed by atoms with van der Waals surface area (Å²) in [5, 5.41) is 68.6. The smallest absolute Gasteiger partial charge is 0.305 e. The number of benzene rings is 4. The molecule has 18 amide bonds. The Morgan fingerprint density at radius 1 is 0.286 bits per heavy atom. The van der Waals surface area contributed by atoms with Gasteiger partial charge in [0.25, 0.3) is 5.91 Å². The summed E-state index contributed by atoms with van der Waals surface area (Å²) in [6.07, 6.45) is -4.06. The maximum atomic E-state index is 14.3. The lowest BCUT2D eigenvalue weighted by molar-refractivity contribution is -0.141. The Labute approximate surface area is 758 Å². The van der Waals surface area contributed by atoms with Crippen LogP contribution >= 0.6 is 0 Å². The van der Waals surface area contributed by atoms with Gasteiger partial charge in [-0.3, -0.25) is 116 Å². The van der Waals surface area contributed by atoms with E-state index in [1.807, 2.05) is 0 Å². The quantitative estimate of drug-likeness (QED) is 0.0111. The fraction of sp³-hybridized carbons (Fsp3) is 0.400. The summed E-state index contributed by atoms with van der Waals surface area (Å²) >= 11 is 0. The fourth-order valence-electron chi connectivity index (χ4n) is 12.0. The lowest BCUT2D eigenvalue weighted by Crippen LogP contribution is -2.56. The van der Waals surface area contributed by atoms with E-state index >= 15 is 0 Å². The maximum Gasteiger partial charge on any atom is 0.305 e. The molecule has 9 atom stereocenters. The predicted molar refractivity (Wildman–Crippen MR) is 473 cm³/mol. The second kappa shape index (κ2) is 58.0. The van der Waals surface area contributed by atoms with Gasteiger partial charge in [-0.15, -0.1) is 0 Å². The molecular weight excluding hydrogens is 1750 g/mol. The molecule has 4 aromatic rings. The first-order valence-electron chi connectivity index (χ1n) is 40.8. The van der Waals surface area contributed by atoms with Crippen LogP contribution in [0.5, 0.6) is 0 Å². The molecule has 4 rings (SSSR count). The highest BCUT2D eigenvalue weighted by Crippen LogP contribution is 2.21. The molecule has 0 radical (unpaired) electrons. The van der Waals surface area contributed by atoms with Crippen molar-refractivity contribution in [3.05, 3.63) is 131 Å². The van der Waals surface area contributed by atoms with Crippen molar-refractivity contribution in [2.24, 2.45) is 66.6 Å². The van der Waals surface area contributed by atoms with Gasteiger partial charge < -0.3 is 157 Å². The number of nitrogens with two attached hydrogens (primary N) is 9. The van der Waals surface area contributed by atoms with Crippen LogP contribution in [0.2, 0.25) is 0 Å². The number of rotatable bonds is 59. The van der Waals surface area contributed by atoms with Crippen LogP contribution in [0.1, 0.15) is 84.8 Å². The molecule has 0 heterocycles. The first-order valence-corrected chi connectivity index (χ1v) is 40.8. The lowest BCUT2D eigenvalue weighted by Gasteiger charge is -2.23. The van der Waals surface area contributed by atoms with E-state index in [-0.39, 0.29) is 107 Å². The van der Waals surface area contributed by atoms with Crippen molar-refractivity contribution in [3.8, 4) is 0 Å². The number of carboxylic acid groups (broad SMARTS) is 3. The van der Waals surface area contributed by atoms with E-state index in [1.165, 1.54) is 24.3 Å². The van der Waals surface area contributed by atoms with Gasteiger partial charge >= 0.3 is 17.9 Å². The minimum Gasteiger partial charge on any atom is -0.481 e. The van der Waals surface area contributed by atoms with Gasteiger partial charge in [-0.1, -0.05) is 91.0 Å². The van der Waals surface area contributed by atoms with Crippen molar-refractivity contribution >= 4 is 153 Å². The number of guanidine groups is 3. The zero-order chi connectivity index (χ0) is 98.7. The molecule has 0 spiro atoms. The van der Waals surface area contributed by atoms with Crippen LogP contribution in [0.3, 0.4) is 0 Å². The number of hydrogen-bond acceptors (Lipinski definition) is 26. The monoisotopic (exact) mass is 1860 g/mol. The van der Waals surface area contributed by atoms with E-state index in [2.05, 4.69) is 105 Å². The number of aliphatic carboxylic acids is 3. The summed E-state index contributed by atoms with van der Waals surface area (Å²) in [5.74, 6) is -24.7. The molecule has 53 nitrogen and oxygen atoms in total. The van der Waals surface area contributed by atoms with Crippen LogP contribution in [-0.4, -0.2) is 284 Å². The highest BCUT2D eigenvalue weighted by Gasteiger charge is 2.35. The maximum absolute atomic E-state index is 14.3. The molecule has 133 heavy (non-hydrogen) atoms. The Bertz CT molecular complexity index is 4660. The van der Waals surface area contributed by atoms with E-state index in [4.69, 9.17) is 51.6 Å². The summed E-state index contributed by atoms with van der Waals surface area (Å²) in [6, 6.07) is 12.4. The molecule has 0 aromatic heterocycles. The van der Waals surface area contributed by atoms with Gasteiger partial charge in [0, 0.05) is 55.8 Å². The number of carbonyl (C=O) groups excluding carboxylic acids is 18. The molecule has 0 bridgehead atoms. The molecule has 53 heteroatoms. The molecule has 0 aliphatic rings. The Hall–Kier alpha value is -16.5. The number of nitrogens with one attached hydrogen (secondary N) is 17. The normalized spacial score (nSPS) is 12.6. The average Bonchev–Trinajstić information content (AvgIpc) is 0.802. The Morgan fingerprint density at radius 2 is 0.541 bits per heavy atom. The van der Waals surface area contributed by atoms with E-state index in [0.717, 1.165) is 18.2 Å². The van der Waals surface area contributed by atoms with Gasteiger partial charge in [-0.05, 0) is 73.4 Å². The van der Waals surface area contributed by atoms with E-state index in [9.17, 15) is 116 Å². The van der Waals surface area contributed by atoms with Crippen molar-refractivity contribution in [1.82, 2.24) is 79.8 Å². The Morgan fingerprint density at radius 3 is 0.820 bits per heavy atom. The fourth-order valence-corrected chi connectivity index (χ4v) is 12.0. The van der Waals surface area contributed by atoms with Crippen LogP contribution in [0.25, 0.3) is 0 Å². The van der Waals surface area contributed by atoms with Gasteiger partial charge in [0.1, 0.15) is 54.4 Å². The number of anilines is 2. The predicted octanol–water partition coefficient (Wildman–Crippen LogP) is -12.0. The molecule has 38 N–H and O–H groups in total. The third kappa shape index (κ3) is 44.7. The van der Waals surface area contributed by atoms with Gasteiger partial charge in [-0.2, -0.15) is 0 Å². The van der Waals surface area contributed by atoms with Crippen LogP contribution in [-0.2, 0) is 115 Å². The minimum absolute atomic E-state index is 0.0257. The average molecular weight is 1860 g/mol. The number of carbonyl (C=O) groups is 21. The van der Waals surface area contributed by atoms with Gasteiger partial charge in [-0.25, -0.2) is 0 Å². The molecular formula is C80H111N29O24. The van der Waals surface area contributed by atoms with E-state index in [0.29, 0.717) is 16.7 Å². The van der Waals surface area contributed by atoms with Crippen molar-refractivity contribution in [1.29, 1.82) is 0 Å². The Balaban J connectivity index is 1.66. The molecule has 0 fully saturated rings. The standard InChI is InChI=1S/C80H111N29O24/c81-34-57(110)101-48(19-10-22-90-78(84)85)70(126)94-39-63(116)105-55(32-66(120)121)76(132)108-52(26-43-15-6-2-7-16-43)73(129)97-36-59(112)99-46-28-45(69(125)93-38-61(114)103-50(21-12-24-92-80(88)89)72(128)96-41-62(115)104-54(31-65(118)119)75(131)107-51(68(83)124)25-42-13-4-1-5-14-42)29-47(30-46)100-60(113)37-98-74(130)53(27-44-17-8-3-9-18-44)109-77(133)56(33-67(122)123)106-64(117)40-95-71(127)49(102-58(111)35-82)20-11-23-91-79(86)87/h1-9,13-18,28-30,48-56H,10-12,19-27,31-41,81-82H2,(H2,83,124)(H,93,125)(H,94,126)(H,95,127)(H,96,128)(H,97,129)(H,98,130)(H,99,112)(H,100,113)(H,101,110)(H,102,111)(H,103,114)(H,104,115)(H,105,116)(H,106,117)(H,107,131)(H,108,132)(H,109,133)(H,118,119)(H,120,121)(H,122,123)(H4,84,85,90)(H4,86,87,91)(H4,88,89,92)/t48-,49+,50-,51-,52-,53+,54-,55-,56+/m0/s1. The number of hydrogen-bond donors (Lipinski definition) is 29. The van der Waals surface area contributed by atoms with Crippen LogP contribution in [0.4, 0.5) is 11.4 Å². The zero-order valence-corrected chi connectivity index (χ0v) is 71.8. The second-order valence-corrected chi connectivity index (χ2v) is 29.1. The highest BCUT2D eigenvalue weighted by atomic mass is 16.4. The molecule has 720 valence electrons. The van der Waals surface area contributed by atoms with Crippen molar-refractivity contribution in [3.63, 3.8) is 0 Å². The van der Waals surface area contributed by atoms with Crippen LogP contribution < -0.4 is 142 Å². The number of primary amides is 1. The first-order chi connectivity index (χ1) is 63.1. The summed E-state index contributed by atoms with van der Waals surface area (Å²) < 4.78 is 0. The number of nitrogens with zero attached hydrogens (tertiary/aromatic N) is 3. The second-order valence-electron chi connectivity index (χ2n) is 29.1. The third-order valence-electron chi connectivity index (χ3n) is 18.3. The molecule has 0 saturated carbocycles. The van der Waals surface area contributed by atoms with E-state index in [1.54, 1.807) is 66.7 Å². The van der Waals surface area contributed by atoms with Gasteiger partial charge in [0.15, 0.2) is 17.9 Å². The lowest BCUT2D eigenvalue weighted by atomic mass is 10.0. The molecule has 0 aliphatic heterocycles. The van der Waals surface area contributed by atoms with E-state index < -0.39 is 256 Å². The number of carboxylic acids is 3. The highest BCUT2D eigenvalue weighted by molar-refractivity contribution is 6.05. The van der Waals surface area contributed by atoms with Crippen LogP contribution in [0, 0.1) is 0 Å². The minimum atomic E-state index is -1.94. The largest absolute Gasteiger partial charge is 0.481 e. The molecule has 0 unspecified atom stereocenters. The van der Waals surface area contributed by atoms with Gasteiger partial charge in [0.05, 0.1) is 71.6 Å². The van der Waals surface area contributed by atoms with Crippen molar-refractivity contribution < 1.29 is 116 Å². The van der Waals surface area contributed by atoms with Crippen LogP contribution in [0.15, 0.2) is 124 Å². The third-order valence-corrected chi connectivity index (χ3v) is 18.3.